The fourth-order valence-electron chi connectivity index (χ4n) is 9.75. The third-order valence-electron chi connectivity index (χ3n) is 15.5. The van der Waals surface area contributed by atoms with Gasteiger partial charge in [-0.1, -0.05) is 278 Å². The van der Waals surface area contributed by atoms with Crippen LogP contribution in [-0.4, -0.2) is 96.7 Å². The predicted octanol–water partition coefficient (Wildman–Crippen LogP) is 21.6. The Morgan fingerprint density at radius 2 is 0.571 bits per heavy atom. The average molecular weight is 1420 g/mol. The zero-order valence-electron chi connectivity index (χ0n) is 61.2. The minimum atomic E-state index is -4.99. The Labute approximate surface area is 593 Å². The van der Waals surface area contributed by atoms with Gasteiger partial charge in [0.05, 0.1) is 32.8 Å². The summed E-state index contributed by atoms with van der Waals surface area (Å²) >= 11 is 0. The summed E-state index contributed by atoms with van der Waals surface area (Å²) in [6, 6.07) is 0. The largest absolute Gasteiger partial charge is 0.472 e. The first kappa shape index (κ1) is 93.5. The van der Waals surface area contributed by atoms with Crippen LogP contribution in [0.3, 0.4) is 0 Å². The van der Waals surface area contributed by atoms with Gasteiger partial charge in [-0.05, 0) is 116 Å². The van der Waals surface area contributed by atoms with Crippen molar-refractivity contribution in [1.29, 1.82) is 0 Å². The molecule has 17 nitrogen and oxygen atoms in total. The molecule has 0 amide bonds. The van der Waals surface area contributed by atoms with Gasteiger partial charge >= 0.3 is 39.5 Å². The predicted molar refractivity (Wildman–Crippen MR) is 399 cm³/mol. The van der Waals surface area contributed by atoms with Crippen LogP contribution in [0.2, 0.25) is 0 Å². The van der Waals surface area contributed by atoms with Crippen LogP contribution in [0, 0.1) is 0 Å². The fraction of sp³-hybridized carbons (Fsp3) is 0.696. The SMILES string of the molecule is CC/C=C\C/C=C\C/C=C\C/C=C\C/C=C\CC(=O)OCC(COP(=O)(O)OCC(O)COP(=O)(O)OCC(COC(=O)CCCCCCCC/C=C\C/C=C\C/C=C\C/C=C\CC)OC(=O)CCCCCCC/C=C\CCCCCC)OC(=O)CCCCCCCCCCCCC. The van der Waals surface area contributed by atoms with Gasteiger partial charge in [-0.15, -0.1) is 0 Å². The lowest BCUT2D eigenvalue weighted by atomic mass is 10.1. The molecule has 5 atom stereocenters. The molecule has 0 aliphatic heterocycles. The van der Waals surface area contributed by atoms with Gasteiger partial charge in [0.2, 0.25) is 0 Å². The maximum Gasteiger partial charge on any atom is 0.472 e. The molecule has 0 spiro atoms. The quantitative estimate of drug-likeness (QED) is 0.0169. The second-order valence-corrected chi connectivity index (χ2v) is 27.8. The van der Waals surface area contributed by atoms with E-state index in [9.17, 15) is 43.2 Å². The number of carbonyl (C=O) groups is 4. The first-order chi connectivity index (χ1) is 47.7. The van der Waals surface area contributed by atoms with Crippen LogP contribution >= 0.6 is 15.6 Å². The number of aliphatic hydroxyl groups excluding tert-OH is 1. The topological polar surface area (TPSA) is 237 Å². The summed E-state index contributed by atoms with van der Waals surface area (Å²) in [5.41, 5.74) is 0. The zero-order valence-corrected chi connectivity index (χ0v) is 63.0. The number of phosphoric ester groups is 2. The fourth-order valence-corrected chi connectivity index (χ4v) is 11.3. The number of unbranched alkanes of at least 4 members (excludes halogenated alkanes) is 25. The highest BCUT2D eigenvalue weighted by molar-refractivity contribution is 7.47. The monoisotopic (exact) mass is 1420 g/mol. The number of ether oxygens (including phenoxy) is 4. The normalized spacial score (nSPS) is 14.6. The zero-order chi connectivity index (χ0) is 71.8. The average Bonchev–Trinajstić information content (AvgIpc) is 1.94. The second-order valence-electron chi connectivity index (χ2n) is 24.8. The molecule has 0 aromatic heterocycles. The van der Waals surface area contributed by atoms with E-state index in [1.54, 1.807) is 6.08 Å². The third-order valence-corrected chi connectivity index (χ3v) is 17.4. The van der Waals surface area contributed by atoms with Crippen LogP contribution in [-0.2, 0) is 65.4 Å². The maximum absolute atomic E-state index is 13.1. The first-order valence-corrected chi connectivity index (χ1v) is 40.8. The maximum atomic E-state index is 13.1. The summed E-state index contributed by atoms with van der Waals surface area (Å²) in [5, 5.41) is 10.6. The molecule has 98 heavy (non-hydrogen) atoms. The van der Waals surface area contributed by atoms with E-state index in [0.717, 1.165) is 154 Å². The molecule has 562 valence electrons. The van der Waals surface area contributed by atoms with Crippen molar-refractivity contribution in [1.82, 2.24) is 0 Å². The number of hydrogen-bond donors (Lipinski definition) is 3. The van der Waals surface area contributed by atoms with E-state index >= 15 is 0 Å². The molecule has 0 aliphatic carbocycles. The lowest BCUT2D eigenvalue weighted by Gasteiger charge is -2.21. The minimum absolute atomic E-state index is 0.0705. The van der Waals surface area contributed by atoms with Crippen LogP contribution < -0.4 is 0 Å². The van der Waals surface area contributed by atoms with Gasteiger partial charge < -0.3 is 33.8 Å². The van der Waals surface area contributed by atoms with E-state index in [1.165, 1.54) is 64.2 Å². The third kappa shape index (κ3) is 69.9. The summed E-state index contributed by atoms with van der Waals surface area (Å²) in [7, 11) is -9.97. The Kier molecular flexibility index (Phi) is 67.6. The molecule has 0 aromatic rings. The minimum Gasteiger partial charge on any atom is -0.462 e. The molecule has 0 radical (unpaired) electrons. The Hall–Kier alpha value is -4.54. The molecule has 0 rings (SSSR count). The Morgan fingerprint density at radius 1 is 0.306 bits per heavy atom. The second kappa shape index (κ2) is 70.9. The van der Waals surface area contributed by atoms with Crippen molar-refractivity contribution in [2.24, 2.45) is 0 Å². The van der Waals surface area contributed by atoms with Gasteiger partial charge in [-0.3, -0.25) is 37.3 Å². The molecule has 0 saturated heterocycles. The van der Waals surface area contributed by atoms with Crippen molar-refractivity contribution in [2.45, 2.75) is 316 Å². The molecule has 0 bridgehead atoms. The molecule has 3 N–H and O–H groups in total. The van der Waals surface area contributed by atoms with E-state index < -0.39 is 97.5 Å². The van der Waals surface area contributed by atoms with Crippen LogP contribution in [0.4, 0.5) is 0 Å². The van der Waals surface area contributed by atoms with Gasteiger partial charge in [0.15, 0.2) is 12.2 Å². The Balaban J connectivity index is 5.38. The highest BCUT2D eigenvalue weighted by Crippen LogP contribution is 2.45. The number of carbonyl (C=O) groups excluding carboxylic acids is 4. The van der Waals surface area contributed by atoms with Crippen molar-refractivity contribution in [2.75, 3.05) is 39.6 Å². The van der Waals surface area contributed by atoms with Gasteiger partial charge in [-0.25, -0.2) is 9.13 Å². The lowest BCUT2D eigenvalue weighted by molar-refractivity contribution is -0.161. The Bertz CT molecular complexity index is 2340. The van der Waals surface area contributed by atoms with E-state index in [2.05, 4.69) is 125 Å². The van der Waals surface area contributed by atoms with Crippen molar-refractivity contribution >= 4 is 39.5 Å². The molecular formula is C79H134O17P2. The number of hydrogen-bond acceptors (Lipinski definition) is 15. The summed E-state index contributed by atoms with van der Waals surface area (Å²) in [5.74, 6) is -2.34. The van der Waals surface area contributed by atoms with Crippen LogP contribution in [0.15, 0.2) is 122 Å². The lowest BCUT2D eigenvalue weighted by Crippen LogP contribution is -2.30. The summed E-state index contributed by atoms with van der Waals surface area (Å²) in [6.07, 6.45) is 76.6. The summed E-state index contributed by atoms with van der Waals surface area (Å²) in [6.45, 7) is 4.48. The van der Waals surface area contributed by atoms with Gasteiger partial charge in [0, 0.05) is 19.3 Å². The van der Waals surface area contributed by atoms with E-state index in [4.69, 9.17) is 37.0 Å². The molecular weight excluding hydrogens is 1280 g/mol. The van der Waals surface area contributed by atoms with Crippen LogP contribution in [0.1, 0.15) is 297 Å². The Morgan fingerprint density at radius 3 is 0.929 bits per heavy atom. The van der Waals surface area contributed by atoms with E-state index in [1.807, 2.05) is 18.2 Å². The first-order valence-electron chi connectivity index (χ1n) is 37.8. The molecule has 0 fully saturated rings. The van der Waals surface area contributed by atoms with Crippen LogP contribution in [0.5, 0.6) is 0 Å². The molecule has 0 aromatic carbocycles. The van der Waals surface area contributed by atoms with Crippen LogP contribution in [0.25, 0.3) is 0 Å². The molecule has 19 heteroatoms. The van der Waals surface area contributed by atoms with Gasteiger partial charge in [0.25, 0.3) is 0 Å². The van der Waals surface area contributed by atoms with E-state index in [-0.39, 0.29) is 25.7 Å². The van der Waals surface area contributed by atoms with E-state index in [0.29, 0.717) is 25.7 Å². The number of esters is 4. The van der Waals surface area contributed by atoms with Crippen molar-refractivity contribution < 1.29 is 80.2 Å². The number of rotatable bonds is 70. The summed E-state index contributed by atoms with van der Waals surface area (Å²) in [4.78, 5) is 72.7. The number of allylic oxidation sites excluding steroid dienone is 19. The summed E-state index contributed by atoms with van der Waals surface area (Å²) < 4.78 is 68.3. The molecule has 0 saturated carbocycles. The van der Waals surface area contributed by atoms with Crippen molar-refractivity contribution in [3.63, 3.8) is 0 Å². The molecule has 0 aliphatic rings. The highest BCUT2D eigenvalue weighted by atomic mass is 31.2. The van der Waals surface area contributed by atoms with Crippen molar-refractivity contribution in [3.8, 4) is 0 Å². The van der Waals surface area contributed by atoms with Gasteiger partial charge in [0.1, 0.15) is 19.3 Å². The molecule has 0 heterocycles. The van der Waals surface area contributed by atoms with Gasteiger partial charge in [-0.2, -0.15) is 0 Å². The van der Waals surface area contributed by atoms with Crippen molar-refractivity contribution in [3.05, 3.63) is 122 Å². The smallest absolute Gasteiger partial charge is 0.462 e. The standard InChI is InChI=1S/C79H134O17P2/c1-5-9-13-17-21-25-29-32-34-35-36-37-39-42-45-48-52-56-60-64-77(82)90-70-75(96-79(84)66-62-58-54-50-46-40-31-27-23-19-15-11-7-3)72-94-98(87,88)92-68-73(80)67-91-97(85,86)93-71-74(95-78(83)65-61-57-53-49-43-28-24-20-16-12-8-4)69-89-76(81)63-59-55-51-47-44-41-38-33-30-26-22-18-14-10-6-2/h9-10,13-14,21-22,25-27,31-34,36-38,44,47,55,59,73-75,80H,5-8,11-12,15-20,23-24,28-30,35,39-43,45-46,48-54,56-58,60-72H2,1-4H3,(H,85,86)(H,87,88)/b13-9-,14-10-,25-21-,26-22-,31-27-,34-32-,37-36-,38-33-,47-44-,59-55-. The molecule has 5 unspecified atom stereocenters. The number of phosphoric acid groups is 2. The highest BCUT2D eigenvalue weighted by Gasteiger charge is 2.30. The number of aliphatic hydroxyl groups is 1.